The number of nitrogens with zero attached hydrogens (tertiary/aromatic N) is 1. The minimum Gasteiger partial charge on any atom is -0.312 e. The Morgan fingerprint density at radius 3 is 3.14 bits per heavy atom. The van der Waals surface area contributed by atoms with Gasteiger partial charge < -0.3 is 5.32 Å². The SMILES string of the molecule is CNC(C)c1csc(C2CCCS2)n1. The third-order valence-electron chi connectivity index (χ3n) is 2.62. The van der Waals surface area contributed by atoms with E-state index in [0.29, 0.717) is 11.3 Å². The van der Waals surface area contributed by atoms with Crippen molar-refractivity contribution < 1.29 is 0 Å². The summed E-state index contributed by atoms with van der Waals surface area (Å²) in [6.45, 7) is 2.15. The van der Waals surface area contributed by atoms with Crippen molar-refractivity contribution in [2.24, 2.45) is 0 Å². The summed E-state index contributed by atoms with van der Waals surface area (Å²) in [6.07, 6.45) is 2.66. The standard InChI is InChI=1S/C10H16N2S2/c1-7(11-2)8-6-14-10(12-8)9-4-3-5-13-9/h6-7,9,11H,3-5H2,1-2H3. The van der Waals surface area contributed by atoms with Crippen molar-refractivity contribution in [3.8, 4) is 0 Å². The van der Waals surface area contributed by atoms with Crippen molar-refractivity contribution in [2.45, 2.75) is 31.1 Å². The normalized spacial score (nSPS) is 24.0. The van der Waals surface area contributed by atoms with E-state index < -0.39 is 0 Å². The minimum absolute atomic E-state index is 0.381. The summed E-state index contributed by atoms with van der Waals surface area (Å²) >= 11 is 3.87. The highest BCUT2D eigenvalue weighted by Gasteiger charge is 2.21. The van der Waals surface area contributed by atoms with E-state index in [1.54, 1.807) is 0 Å². The van der Waals surface area contributed by atoms with Crippen molar-refractivity contribution in [1.29, 1.82) is 0 Å². The molecule has 0 aromatic carbocycles. The van der Waals surface area contributed by atoms with Gasteiger partial charge in [0.1, 0.15) is 5.01 Å². The van der Waals surface area contributed by atoms with Gasteiger partial charge in [-0.15, -0.1) is 11.3 Å². The topological polar surface area (TPSA) is 24.9 Å². The Bertz CT molecular complexity index is 292. The molecule has 1 aliphatic rings. The first-order chi connectivity index (χ1) is 6.81. The zero-order valence-electron chi connectivity index (χ0n) is 8.62. The average Bonchev–Trinajstić information content (AvgIpc) is 2.86. The molecule has 1 saturated heterocycles. The largest absolute Gasteiger partial charge is 0.312 e. The van der Waals surface area contributed by atoms with Crippen LogP contribution >= 0.6 is 23.1 Å². The lowest BCUT2D eigenvalue weighted by Gasteiger charge is -2.06. The number of thiazole rings is 1. The second-order valence-electron chi connectivity index (χ2n) is 3.62. The Labute approximate surface area is 93.5 Å². The number of thioether (sulfide) groups is 1. The lowest BCUT2D eigenvalue weighted by Crippen LogP contribution is -2.12. The molecule has 2 atom stereocenters. The van der Waals surface area contributed by atoms with Gasteiger partial charge in [-0.05, 0) is 32.6 Å². The quantitative estimate of drug-likeness (QED) is 0.861. The van der Waals surface area contributed by atoms with Gasteiger partial charge in [-0.3, -0.25) is 0 Å². The van der Waals surface area contributed by atoms with Crippen LogP contribution in [0.5, 0.6) is 0 Å². The van der Waals surface area contributed by atoms with Crippen LogP contribution in [-0.2, 0) is 0 Å². The molecule has 1 aliphatic heterocycles. The summed E-state index contributed by atoms with van der Waals surface area (Å²) in [5.74, 6) is 1.31. The van der Waals surface area contributed by atoms with Crippen LogP contribution in [0.4, 0.5) is 0 Å². The lowest BCUT2D eigenvalue weighted by atomic mass is 10.2. The van der Waals surface area contributed by atoms with Gasteiger partial charge in [0.25, 0.3) is 0 Å². The summed E-state index contributed by atoms with van der Waals surface area (Å²) in [7, 11) is 1.98. The molecule has 1 fully saturated rings. The Hall–Kier alpha value is -0.0600. The predicted molar refractivity (Wildman–Crippen MR) is 64.0 cm³/mol. The molecule has 0 radical (unpaired) electrons. The molecule has 1 aromatic rings. The summed E-state index contributed by atoms with van der Waals surface area (Å²) in [5.41, 5.74) is 1.19. The van der Waals surface area contributed by atoms with Crippen LogP contribution in [0, 0.1) is 0 Å². The third kappa shape index (κ3) is 2.12. The van der Waals surface area contributed by atoms with Crippen LogP contribution in [0.25, 0.3) is 0 Å². The van der Waals surface area contributed by atoms with Crippen molar-refractivity contribution in [3.05, 3.63) is 16.1 Å². The fourth-order valence-electron chi connectivity index (χ4n) is 1.57. The maximum Gasteiger partial charge on any atom is 0.106 e. The van der Waals surface area contributed by atoms with E-state index >= 15 is 0 Å². The highest BCUT2D eigenvalue weighted by atomic mass is 32.2. The fourth-order valence-corrected chi connectivity index (χ4v) is 4.01. The summed E-state index contributed by atoms with van der Waals surface area (Å²) in [5, 5.41) is 7.41. The molecule has 0 amide bonds. The predicted octanol–water partition coefficient (Wildman–Crippen LogP) is 2.99. The van der Waals surface area contributed by atoms with E-state index in [0.717, 1.165) is 0 Å². The zero-order valence-corrected chi connectivity index (χ0v) is 10.3. The summed E-state index contributed by atoms with van der Waals surface area (Å²) in [6, 6.07) is 0.381. The van der Waals surface area contributed by atoms with Gasteiger partial charge in [0, 0.05) is 11.4 Å². The molecular weight excluding hydrogens is 212 g/mol. The van der Waals surface area contributed by atoms with Crippen molar-refractivity contribution in [3.63, 3.8) is 0 Å². The minimum atomic E-state index is 0.381. The molecule has 2 heterocycles. The third-order valence-corrected chi connectivity index (χ3v) is 5.13. The van der Waals surface area contributed by atoms with E-state index in [2.05, 4.69) is 29.4 Å². The number of nitrogens with one attached hydrogen (secondary N) is 1. The summed E-state index contributed by atoms with van der Waals surface area (Å²) < 4.78 is 0. The molecule has 78 valence electrons. The van der Waals surface area contributed by atoms with E-state index in [4.69, 9.17) is 4.98 Å². The van der Waals surface area contributed by atoms with Crippen LogP contribution in [0.3, 0.4) is 0 Å². The van der Waals surface area contributed by atoms with Gasteiger partial charge in [0.2, 0.25) is 0 Å². The van der Waals surface area contributed by atoms with E-state index in [1.165, 1.54) is 29.3 Å². The Morgan fingerprint density at radius 2 is 2.50 bits per heavy atom. The maximum absolute atomic E-state index is 4.70. The highest BCUT2D eigenvalue weighted by molar-refractivity contribution is 7.99. The Kier molecular flexibility index (Phi) is 3.47. The van der Waals surface area contributed by atoms with Crippen molar-refractivity contribution in [1.82, 2.24) is 10.3 Å². The first-order valence-electron chi connectivity index (χ1n) is 5.05. The van der Waals surface area contributed by atoms with E-state index in [1.807, 2.05) is 18.4 Å². The maximum atomic E-state index is 4.70. The molecule has 1 N–H and O–H groups in total. The number of hydrogen-bond acceptors (Lipinski definition) is 4. The molecule has 14 heavy (non-hydrogen) atoms. The van der Waals surface area contributed by atoms with Crippen LogP contribution in [0.2, 0.25) is 0 Å². The molecule has 0 saturated carbocycles. The van der Waals surface area contributed by atoms with Gasteiger partial charge in [-0.2, -0.15) is 11.8 Å². The van der Waals surface area contributed by atoms with Crippen molar-refractivity contribution in [2.75, 3.05) is 12.8 Å². The van der Waals surface area contributed by atoms with Crippen LogP contribution in [-0.4, -0.2) is 17.8 Å². The van der Waals surface area contributed by atoms with Gasteiger partial charge >= 0.3 is 0 Å². The van der Waals surface area contributed by atoms with E-state index in [9.17, 15) is 0 Å². The molecule has 4 heteroatoms. The number of rotatable bonds is 3. The second kappa shape index (κ2) is 4.64. The summed E-state index contributed by atoms with van der Waals surface area (Å²) in [4.78, 5) is 4.70. The molecule has 2 rings (SSSR count). The average molecular weight is 228 g/mol. The molecule has 1 aromatic heterocycles. The molecule has 2 nitrogen and oxygen atoms in total. The Morgan fingerprint density at radius 1 is 1.64 bits per heavy atom. The highest BCUT2D eigenvalue weighted by Crippen LogP contribution is 2.41. The smallest absolute Gasteiger partial charge is 0.106 e. The number of aromatic nitrogens is 1. The van der Waals surface area contributed by atoms with Crippen LogP contribution in [0.1, 0.15) is 41.8 Å². The first kappa shape index (κ1) is 10.5. The van der Waals surface area contributed by atoms with Gasteiger partial charge in [-0.1, -0.05) is 0 Å². The zero-order chi connectivity index (χ0) is 9.97. The number of hydrogen-bond donors (Lipinski definition) is 1. The van der Waals surface area contributed by atoms with Gasteiger partial charge in [0.05, 0.1) is 10.9 Å². The van der Waals surface area contributed by atoms with E-state index in [-0.39, 0.29) is 0 Å². The van der Waals surface area contributed by atoms with Crippen LogP contribution in [0.15, 0.2) is 5.38 Å². The monoisotopic (exact) mass is 228 g/mol. The first-order valence-corrected chi connectivity index (χ1v) is 6.98. The fraction of sp³-hybridized carbons (Fsp3) is 0.700. The second-order valence-corrected chi connectivity index (χ2v) is 5.82. The lowest BCUT2D eigenvalue weighted by molar-refractivity contribution is 0.633. The molecule has 0 spiro atoms. The molecule has 0 aliphatic carbocycles. The molecular formula is C10H16N2S2. The van der Waals surface area contributed by atoms with Crippen LogP contribution < -0.4 is 5.32 Å². The van der Waals surface area contributed by atoms with Crippen molar-refractivity contribution >= 4 is 23.1 Å². The molecule has 0 bridgehead atoms. The molecule has 2 unspecified atom stereocenters. The van der Waals surface area contributed by atoms with Gasteiger partial charge in [0.15, 0.2) is 0 Å². The Balaban J connectivity index is 2.08. The van der Waals surface area contributed by atoms with Gasteiger partial charge in [-0.25, -0.2) is 4.98 Å².